The predicted octanol–water partition coefficient (Wildman–Crippen LogP) is 4.32. The molecule has 146 valence electrons. The van der Waals surface area contributed by atoms with Gasteiger partial charge in [0.05, 0.1) is 18.5 Å². The number of hydrogen-bond acceptors (Lipinski definition) is 5. The first kappa shape index (κ1) is 19.5. The number of halogens is 1. The van der Waals surface area contributed by atoms with Crippen molar-refractivity contribution in [3.63, 3.8) is 0 Å². The van der Waals surface area contributed by atoms with E-state index in [2.05, 4.69) is 20.8 Å². The minimum absolute atomic E-state index is 0.0148. The molecule has 0 N–H and O–H groups in total. The van der Waals surface area contributed by atoms with Gasteiger partial charge in [0, 0.05) is 14.9 Å². The number of rotatable bonds is 5. The lowest BCUT2D eigenvalue weighted by Crippen LogP contribution is -2.32. The lowest BCUT2D eigenvalue weighted by molar-refractivity contribution is 0.0968. The van der Waals surface area contributed by atoms with Crippen molar-refractivity contribution in [1.29, 1.82) is 0 Å². The van der Waals surface area contributed by atoms with Gasteiger partial charge in [-0.2, -0.15) is 0 Å². The fraction of sp³-hybridized carbons (Fsp3) is 0.381. The summed E-state index contributed by atoms with van der Waals surface area (Å²) in [5.74, 6) is 0.606. The predicted molar refractivity (Wildman–Crippen MR) is 116 cm³/mol. The molecule has 28 heavy (non-hydrogen) atoms. The number of aromatic nitrogens is 2. The van der Waals surface area contributed by atoms with Crippen molar-refractivity contribution < 1.29 is 4.79 Å². The first-order valence-corrected chi connectivity index (χ1v) is 11.1. The van der Waals surface area contributed by atoms with Crippen molar-refractivity contribution >= 4 is 43.3 Å². The Kier molecular flexibility index (Phi) is 5.49. The second-order valence-electron chi connectivity index (χ2n) is 7.30. The van der Waals surface area contributed by atoms with Gasteiger partial charge in [-0.3, -0.25) is 19.1 Å². The number of Topliss-reactive ketones (excluding diaryl/α,β-unsaturated/α-hetero) is 1. The number of thiophene rings is 1. The summed E-state index contributed by atoms with van der Waals surface area (Å²) in [7, 11) is 0. The van der Waals surface area contributed by atoms with Crippen molar-refractivity contribution in [1.82, 2.24) is 14.5 Å². The molecule has 0 aliphatic carbocycles. The topological polar surface area (TPSA) is 55.2 Å². The molecule has 0 spiro atoms. The van der Waals surface area contributed by atoms with E-state index < -0.39 is 0 Å². The van der Waals surface area contributed by atoms with Crippen molar-refractivity contribution in [2.75, 3.05) is 13.1 Å². The van der Waals surface area contributed by atoms with Crippen LogP contribution in [-0.4, -0.2) is 33.3 Å². The summed E-state index contributed by atoms with van der Waals surface area (Å²) in [6.45, 7) is 6.61. The van der Waals surface area contributed by atoms with Gasteiger partial charge >= 0.3 is 0 Å². The largest absolute Gasteiger partial charge is 0.296 e. The van der Waals surface area contributed by atoms with E-state index in [-0.39, 0.29) is 17.9 Å². The van der Waals surface area contributed by atoms with Gasteiger partial charge in [0.25, 0.3) is 5.56 Å². The van der Waals surface area contributed by atoms with E-state index in [1.807, 2.05) is 26.0 Å². The molecule has 0 atom stereocenters. The maximum absolute atomic E-state index is 13.3. The van der Waals surface area contributed by atoms with Crippen molar-refractivity contribution in [2.45, 2.75) is 39.8 Å². The Morgan fingerprint density at radius 3 is 2.54 bits per heavy atom. The van der Waals surface area contributed by atoms with Crippen LogP contribution in [0.1, 0.15) is 39.5 Å². The zero-order valence-electron chi connectivity index (χ0n) is 16.0. The van der Waals surface area contributed by atoms with Gasteiger partial charge in [-0.15, -0.1) is 11.3 Å². The van der Waals surface area contributed by atoms with Crippen LogP contribution in [0.3, 0.4) is 0 Å². The summed E-state index contributed by atoms with van der Waals surface area (Å²) < 4.78 is 2.51. The zero-order chi connectivity index (χ0) is 19.8. The molecule has 3 aromatic rings. The normalized spacial score (nSPS) is 14.8. The molecule has 0 bridgehead atoms. The molecular formula is C21H22BrN3O2S. The van der Waals surface area contributed by atoms with Crippen molar-refractivity contribution in [3.05, 3.63) is 60.9 Å². The molecule has 1 fully saturated rings. The van der Waals surface area contributed by atoms with Crippen LogP contribution in [0.15, 0.2) is 33.5 Å². The average Bonchev–Trinajstić information content (AvgIpc) is 3.27. The molecule has 4 rings (SSSR count). The Morgan fingerprint density at radius 1 is 1.18 bits per heavy atom. The fourth-order valence-corrected chi connectivity index (χ4v) is 4.97. The summed E-state index contributed by atoms with van der Waals surface area (Å²) in [5, 5.41) is 0.649. The summed E-state index contributed by atoms with van der Waals surface area (Å²) in [4.78, 5) is 35.2. The van der Waals surface area contributed by atoms with E-state index in [9.17, 15) is 9.59 Å². The third-order valence-corrected chi connectivity index (χ3v) is 7.03. The van der Waals surface area contributed by atoms with Crippen LogP contribution in [0, 0.1) is 13.8 Å². The van der Waals surface area contributed by atoms with Gasteiger partial charge in [0.1, 0.15) is 10.7 Å². The standard InChI is InChI=1S/C21H22BrN3O2S/c1-13-14(2)28-20-19(13)21(27)25(18(23-20)12-24-9-3-4-10-24)11-17(26)15-5-7-16(22)8-6-15/h5-8H,3-4,9-12H2,1-2H3. The lowest BCUT2D eigenvalue weighted by atomic mass is 10.1. The maximum atomic E-state index is 13.3. The van der Waals surface area contributed by atoms with Crippen LogP contribution < -0.4 is 5.56 Å². The third-order valence-electron chi connectivity index (χ3n) is 5.40. The van der Waals surface area contributed by atoms with Crippen LogP contribution in [0.2, 0.25) is 0 Å². The van der Waals surface area contributed by atoms with Gasteiger partial charge in [0.15, 0.2) is 5.78 Å². The number of ketones is 1. The number of carbonyl (C=O) groups excluding carboxylic acids is 1. The van der Waals surface area contributed by atoms with E-state index >= 15 is 0 Å². The van der Waals surface area contributed by atoms with Crippen molar-refractivity contribution in [2.24, 2.45) is 0 Å². The summed E-state index contributed by atoms with van der Waals surface area (Å²) in [5.41, 5.74) is 1.46. The van der Waals surface area contributed by atoms with Gasteiger partial charge in [0.2, 0.25) is 0 Å². The Balaban J connectivity index is 1.78. The quantitative estimate of drug-likeness (QED) is 0.533. The summed E-state index contributed by atoms with van der Waals surface area (Å²) in [6, 6.07) is 7.25. The molecule has 0 unspecified atom stereocenters. The highest BCUT2D eigenvalue weighted by molar-refractivity contribution is 9.10. The highest BCUT2D eigenvalue weighted by Gasteiger charge is 2.21. The molecule has 7 heteroatoms. The van der Waals surface area contributed by atoms with E-state index in [0.717, 1.165) is 32.8 Å². The van der Waals surface area contributed by atoms with E-state index in [1.54, 1.807) is 28.0 Å². The van der Waals surface area contributed by atoms with Crippen LogP contribution in [0.25, 0.3) is 10.2 Å². The second-order valence-corrected chi connectivity index (χ2v) is 9.41. The van der Waals surface area contributed by atoms with Gasteiger partial charge in [-0.05, 0) is 57.5 Å². The Labute approximate surface area is 176 Å². The minimum atomic E-state index is -0.105. The first-order valence-electron chi connectivity index (χ1n) is 9.44. The number of carbonyl (C=O) groups is 1. The highest BCUT2D eigenvalue weighted by Crippen LogP contribution is 2.27. The van der Waals surface area contributed by atoms with Gasteiger partial charge in [-0.1, -0.05) is 28.1 Å². The monoisotopic (exact) mass is 459 g/mol. The number of likely N-dealkylation sites (tertiary alicyclic amines) is 1. The van der Waals surface area contributed by atoms with E-state index in [4.69, 9.17) is 4.98 Å². The number of aryl methyl sites for hydroxylation is 2. The summed E-state index contributed by atoms with van der Waals surface area (Å²) >= 11 is 4.95. The Hall–Kier alpha value is -1.83. The molecule has 0 amide bonds. The summed E-state index contributed by atoms with van der Waals surface area (Å²) in [6.07, 6.45) is 2.34. The molecule has 2 aromatic heterocycles. The maximum Gasteiger partial charge on any atom is 0.263 e. The minimum Gasteiger partial charge on any atom is -0.296 e. The SMILES string of the molecule is Cc1sc2nc(CN3CCCC3)n(CC(=O)c3ccc(Br)cc3)c(=O)c2c1C. The van der Waals surface area contributed by atoms with Gasteiger partial charge < -0.3 is 0 Å². The second kappa shape index (κ2) is 7.89. The van der Waals surface area contributed by atoms with Crippen LogP contribution in [-0.2, 0) is 13.1 Å². The van der Waals surface area contributed by atoms with Crippen LogP contribution in [0.4, 0.5) is 0 Å². The molecular weight excluding hydrogens is 438 g/mol. The highest BCUT2D eigenvalue weighted by atomic mass is 79.9. The van der Waals surface area contributed by atoms with Crippen LogP contribution in [0.5, 0.6) is 0 Å². The van der Waals surface area contributed by atoms with Crippen molar-refractivity contribution in [3.8, 4) is 0 Å². The molecule has 1 aromatic carbocycles. The van der Waals surface area contributed by atoms with Crippen LogP contribution >= 0.6 is 27.3 Å². The number of fused-ring (bicyclic) bond motifs is 1. The van der Waals surface area contributed by atoms with Gasteiger partial charge in [-0.25, -0.2) is 4.98 Å². The molecule has 0 saturated carbocycles. The molecule has 3 heterocycles. The smallest absolute Gasteiger partial charge is 0.263 e. The number of hydrogen-bond donors (Lipinski definition) is 0. The third kappa shape index (κ3) is 3.71. The Bertz CT molecular complexity index is 1100. The Morgan fingerprint density at radius 2 is 1.86 bits per heavy atom. The number of benzene rings is 1. The molecule has 5 nitrogen and oxygen atoms in total. The molecule has 1 aliphatic heterocycles. The first-order chi connectivity index (χ1) is 13.4. The lowest BCUT2D eigenvalue weighted by Gasteiger charge is -2.18. The number of nitrogens with zero attached hydrogens (tertiary/aromatic N) is 3. The van der Waals surface area contributed by atoms with E-state index in [0.29, 0.717) is 23.3 Å². The fourth-order valence-electron chi connectivity index (χ4n) is 3.66. The molecule has 1 saturated heterocycles. The molecule has 0 radical (unpaired) electrons. The zero-order valence-corrected chi connectivity index (χ0v) is 18.4. The molecule has 1 aliphatic rings. The van der Waals surface area contributed by atoms with E-state index in [1.165, 1.54) is 12.8 Å². The average molecular weight is 460 g/mol.